The van der Waals surface area contributed by atoms with E-state index < -0.39 is 0 Å². The van der Waals surface area contributed by atoms with Gasteiger partial charge in [0.25, 0.3) is 0 Å². The van der Waals surface area contributed by atoms with Crippen molar-refractivity contribution in [2.24, 2.45) is 7.05 Å². The fraction of sp³-hybridized carbons (Fsp3) is 0.500. The highest BCUT2D eigenvalue weighted by molar-refractivity contribution is 5.88. The second-order valence-electron chi connectivity index (χ2n) is 6.61. The lowest BCUT2D eigenvalue weighted by atomic mass is 10.1. The molecule has 3 rings (SSSR count). The lowest BCUT2D eigenvalue weighted by Crippen LogP contribution is -2.37. The number of urea groups is 1. The van der Waals surface area contributed by atoms with Crippen LogP contribution in [0.25, 0.3) is 0 Å². The zero-order valence-electron chi connectivity index (χ0n) is 14.9. The number of hydrogen-bond donors (Lipinski definition) is 1. The molecule has 0 spiro atoms. The molecule has 1 aliphatic heterocycles. The van der Waals surface area contributed by atoms with Gasteiger partial charge < -0.3 is 4.90 Å². The van der Waals surface area contributed by atoms with E-state index >= 15 is 0 Å². The van der Waals surface area contributed by atoms with E-state index in [1.165, 1.54) is 0 Å². The summed E-state index contributed by atoms with van der Waals surface area (Å²) in [6.45, 7) is 2.38. The van der Waals surface area contributed by atoms with Crippen LogP contribution in [0.2, 0.25) is 0 Å². The van der Waals surface area contributed by atoms with Crippen LogP contribution in [0.15, 0.2) is 36.7 Å². The van der Waals surface area contributed by atoms with Gasteiger partial charge in [0.2, 0.25) is 0 Å². The number of aryl methyl sites for hydroxylation is 1. The zero-order chi connectivity index (χ0) is 17.6. The Balaban J connectivity index is 1.52. The topological polar surface area (TPSA) is 66.3 Å². The van der Waals surface area contributed by atoms with Crippen molar-refractivity contribution >= 4 is 11.8 Å². The Kier molecular flexibility index (Phi) is 5.65. The van der Waals surface area contributed by atoms with E-state index in [-0.39, 0.29) is 6.03 Å². The summed E-state index contributed by atoms with van der Waals surface area (Å²) in [6.07, 6.45) is 6.73. The molecule has 0 radical (unpaired) electrons. The molecule has 134 valence electrons. The van der Waals surface area contributed by atoms with Gasteiger partial charge in [-0.15, -0.1) is 0 Å². The number of likely N-dealkylation sites (tertiary alicyclic amines) is 1. The third kappa shape index (κ3) is 4.79. The van der Waals surface area contributed by atoms with E-state index in [2.05, 4.69) is 33.4 Å². The van der Waals surface area contributed by atoms with Gasteiger partial charge in [0, 0.05) is 51.2 Å². The van der Waals surface area contributed by atoms with Crippen LogP contribution in [-0.4, -0.2) is 56.8 Å². The molecule has 2 aromatic heterocycles. The molecular formula is C18H26N6O. The summed E-state index contributed by atoms with van der Waals surface area (Å²) in [6, 6.07) is 8.22. The molecule has 0 saturated carbocycles. The van der Waals surface area contributed by atoms with Crippen molar-refractivity contribution in [1.29, 1.82) is 0 Å². The van der Waals surface area contributed by atoms with E-state index in [9.17, 15) is 4.79 Å². The molecule has 3 heterocycles. The highest BCUT2D eigenvalue weighted by atomic mass is 16.2. The average molecular weight is 342 g/mol. The number of carbonyl (C=O) groups is 1. The quantitative estimate of drug-likeness (QED) is 0.926. The van der Waals surface area contributed by atoms with Crippen LogP contribution < -0.4 is 5.32 Å². The second-order valence-corrected chi connectivity index (χ2v) is 6.61. The van der Waals surface area contributed by atoms with Gasteiger partial charge in [-0.25, -0.2) is 4.79 Å². The summed E-state index contributed by atoms with van der Waals surface area (Å²) in [5.74, 6) is 0.598. The molecule has 7 nitrogen and oxygen atoms in total. The Labute approximate surface area is 148 Å². The molecule has 1 fully saturated rings. The van der Waals surface area contributed by atoms with E-state index in [4.69, 9.17) is 0 Å². The number of nitrogens with zero attached hydrogens (tertiary/aromatic N) is 5. The lowest BCUT2D eigenvalue weighted by molar-refractivity contribution is 0.200. The summed E-state index contributed by atoms with van der Waals surface area (Å²) in [7, 11) is 3.98. The zero-order valence-corrected chi connectivity index (χ0v) is 14.9. The minimum Gasteiger partial charge on any atom is -0.324 e. The lowest BCUT2D eigenvalue weighted by Gasteiger charge is -2.27. The van der Waals surface area contributed by atoms with Crippen molar-refractivity contribution in [3.63, 3.8) is 0 Å². The molecule has 2 aromatic rings. The van der Waals surface area contributed by atoms with Crippen LogP contribution >= 0.6 is 0 Å². The largest absolute Gasteiger partial charge is 0.324 e. The Bertz CT molecular complexity index is 686. The molecule has 1 aliphatic rings. The van der Waals surface area contributed by atoms with Gasteiger partial charge in [0.1, 0.15) is 0 Å². The van der Waals surface area contributed by atoms with Crippen molar-refractivity contribution in [3.8, 4) is 0 Å². The van der Waals surface area contributed by atoms with Gasteiger partial charge in [-0.1, -0.05) is 6.07 Å². The standard InChI is InChI=1S/C18H26N6O/c1-22(14-15-6-3-4-10-19-15)16-7-5-11-24(13-8-16)18(25)20-17-9-12-23(2)21-17/h3-4,6,9-10,12,16H,5,7-8,11,13-14H2,1-2H3,(H,20,21,25)/t16-/m0/s1. The fourth-order valence-electron chi connectivity index (χ4n) is 3.27. The fourth-order valence-corrected chi connectivity index (χ4v) is 3.27. The normalized spacial score (nSPS) is 18.2. The summed E-state index contributed by atoms with van der Waals surface area (Å²) in [4.78, 5) is 21.1. The van der Waals surface area contributed by atoms with Crippen molar-refractivity contribution < 1.29 is 4.79 Å². The summed E-state index contributed by atoms with van der Waals surface area (Å²) in [5, 5.41) is 7.08. The molecule has 0 aliphatic carbocycles. The highest BCUT2D eigenvalue weighted by Gasteiger charge is 2.23. The molecular weight excluding hydrogens is 316 g/mol. The Morgan fingerprint density at radius 1 is 1.32 bits per heavy atom. The van der Waals surface area contributed by atoms with Gasteiger partial charge in [-0.05, 0) is 38.4 Å². The Morgan fingerprint density at radius 3 is 2.92 bits per heavy atom. The van der Waals surface area contributed by atoms with E-state index in [1.54, 1.807) is 10.7 Å². The maximum absolute atomic E-state index is 12.4. The first kappa shape index (κ1) is 17.4. The smallest absolute Gasteiger partial charge is 0.323 e. The molecule has 0 aromatic carbocycles. The van der Waals surface area contributed by atoms with E-state index in [0.717, 1.165) is 44.6 Å². The molecule has 1 N–H and O–H groups in total. The van der Waals surface area contributed by atoms with Gasteiger partial charge in [0.15, 0.2) is 5.82 Å². The van der Waals surface area contributed by atoms with Crippen LogP contribution in [0.5, 0.6) is 0 Å². The van der Waals surface area contributed by atoms with Gasteiger partial charge in [-0.2, -0.15) is 5.10 Å². The molecule has 1 saturated heterocycles. The number of rotatable bonds is 4. The van der Waals surface area contributed by atoms with Crippen LogP contribution in [0.1, 0.15) is 25.0 Å². The first-order valence-electron chi connectivity index (χ1n) is 8.77. The van der Waals surface area contributed by atoms with E-state index in [1.807, 2.05) is 36.5 Å². The van der Waals surface area contributed by atoms with Crippen molar-refractivity contribution in [3.05, 3.63) is 42.4 Å². The first-order chi connectivity index (χ1) is 12.1. The second kappa shape index (κ2) is 8.11. The number of aromatic nitrogens is 3. The first-order valence-corrected chi connectivity index (χ1v) is 8.77. The molecule has 7 heteroatoms. The van der Waals surface area contributed by atoms with Crippen molar-refractivity contribution in [2.45, 2.75) is 31.8 Å². The Hall–Kier alpha value is -2.41. The summed E-state index contributed by atoms with van der Waals surface area (Å²) in [5.41, 5.74) is 1.08. The van der Waals surface area contributed by atoms with Crippen LogP contribution in [0.4, 0.5) is 10.6 Å². The van der Waals surface area contributed by atoms with Gasteiger partial charge >= 0.3 is 6.03 Å². The van der Waals surface area contributed by atoms with Gasteiger partial charge in [-0.3, -0.25) is 19.9 Å². The Morgan fingerprint density at radius 2 is 2.20 bits per heavy atom. The molecule has 2 amide bonds. The van der Waals surface area contributed by atoms with Crippen molar-refractivity contribution in [2.75, 3.05) is 25.5 Å². The predicted molar refractivity (Wildman–Crippen MR) is 97.1 cm³/mol. The summed E-state index contributed by atoms with van der Waals surface area (Å²) >= 11 is 0. The molecule has 1 atom stereocenters. The SMILES string of the molecule is CN(Cc1ccccn1)[C@H]1CCCN(C(=O)Nc2ccn(C)n2)CC1. The van der Waals surface area contributed by atoms with Crippen LogP contribution in [0.3, 0.4) is 0 Å². The monoisotopic (exact) mass is 342 g/mol. The maximum atomic E-state index is 12.4. The number of amides is 2. The van der Waals surface area contributed by atoms with E-state index in [0.29, 0.717) is 11.9 Å². The minimum atomic E-state index is -0.0632. The number of hydrogen-bond acceptors (Lipinski definition) is 4. The third-order valence-corrected chi connectivity index (χ3v) is 4.69. The minimum absolute atomic E-state index is 0.0632. The number of pyridine rings is 1. The number of carbonyl (C=O) groups excluding carboxylic acids is 1. The molecule has 25 heavy (non-hydrogen) atoms. The molecule has 0 unspecified atom stereocenters. The highest BCUT2D eigenvalue weighted by Crippen LogP contribution is 2.18. The van der Waals surface area contributed by atoms with Gasteiger partial charge in [0.05, 0.1) is 5.69 Å². The summed E-state index contributed by atoms with van der Waals surface area (Å²) < 4.78 is 1.68. The molecule has 0 bridgehead atoms. The third-order valence-electron chi connectivity index (χ3n) is 4.69. The average Bonchev–Trinajstić information content (AvgIpc) is 2.86. The number of nitrogens with one attached hydrogen (secondary N) is 1. The predicted octanol–water partition coefficient (Wildman–Crippen LogP) is 2.33. The van der Waals surface area contributed by atoms with Crippen LogP contribution in [0, 0.1) is 0 Å². The maximum Gasteiger partial charge on any atom is 0.323 e. The van der Waals surface area contributed by atoms with Crippen molar-refractivity contribution in [1.82, 2.24) is 24.6 Å². The van der Waals surface area contributed by atoms with Crippen LogP contribution in [-0.2, 0) is 13.6 Å². The number of anilines is 1.